The number of ether oxygens (including phenoxy) is 2. The van der Waals surface area contributed by atoms with E-state index in [4.69, 9.17) is 14.6 Å². The van der Waals surface area contributed by atoms with E-state index in [2.05, 4.69) is 15.7 Å². The van der Waals surface area contributed by atoms with Crippen LogP contribution in [0, 0.1) is 0 Å². The van der Waals surface area contributed by atoms with Crippen LogP contribution in [0.1, 0.15) is 12.5 Å². The standard InChI is InChI=1S/C18H19N3O4S/c1-24-18-17-15(12-2-4-14(5-3-12)26(19,22)23)10-21(13-7-9-25-11-13)16(17)6-8-20-18/h2-6,8,10,13H,7,9,11H2,1H3,(H2,19,22,23). The fraction of sp³-hybridized carbons (Fsp3) is 0.278. The van der Waals surface area contributed by atoms with Crippen molar-refractivity contribution >= 4 is 20.9 Å². The second-order valence-corrected chi connectivity index (χ2v) is 7.81. The van der Waals surface area contributed by atoms with Crippen LogP contribution >= 0.6 is 0 Å². The van der Waals surface area contributed by atoms with E-state index in [0.717, 1.165) is 35.1 Å². The second kappa shape index (κ2) is 6.39. The topological polar surface area (TPSA) is 96.4 Å². The number of methoxy groups -OCH3 is 1. The Balaban J connectivity index is 1.91. The molecular formula is C18H19N3O4S. The Morgan fingerprint density at radius 3 is 2.65 bits per heavy atom. The summed E-state index contributed by atoms with van der Waals surface area (Å²) in [6.45, 7) is 1.41. The molecule has 0 amide bonds. The molecular weight excluding hydrogens is 354 g/mol. The average molecular weight is 373 g/mol. The van der Waals surface area contributed by atoms with Crippen molar-refractivity contribution < 1.29 is 17.9 Å². The molecule has 2 aromatic heterocycles. The van der Waals surface area contributed by atoms with Gasteiger partial charge in [-0.2, -0.15) is 0 Å². The molecule has 1 unspecified atom stereocenters. The number of hydrogen-bond acceptors (Lipinski definition) is 5. The van der Waals surface area contributed by atoms with Gasteiger partial charge in [0.2, 0.25) is 15.9 Å². The molecule has 0 spiro atoms. The van der Waals surface area contributed by atoms with Crippen molar-refractivity contribution in [2.75, 3.05) is 20.3 Å². The number of nitrogens with two attached hydrogens (primary N) is 1. The van der Waals surface area contributed by atoms with Gasteiger partial charge in [0.1, 0.15) is 0 Å². The Morgan fingerprint density at radius 2 is 2.04 bits per heavy atom. The summed E-state index contributed by atoms with van der Waals surface area (Å²) in [5.41, 5.74) is 2.81. The maximum absolute atomic E-state index is 11.5. The van der Waals surface area contributed by atoms with E-state index in [1.807, 2.05) is 6.07 Å². The number of fused-ring (bicyclic) bond motifs is 1. The highest BCUT2D eigenvalue weighted by Crippen LogP contribution is 2.38. The van der Waals surface area contributed by atoms with Crippen LogP contribution in [0.15, 0.2) is 47.6 Å². The average Bonchev–Trinajstić information content (AvgIpc) is 3.28. The number of hydrogen-bond donors (Lipinski definition) is 1. The molecule has 3 heterocycles. The first-order chi connectivity index (χ1) is 12.5. The lowest BCUT2D eigenvalue weighted by molar-refractivity contribution is 0.187. The van der Waals surface area contributed by atoms with Crippen LogP contribution in [0.4, 0.5) is 0 Å². The predicted molar refractivity (Wildman–Crippen MR) is 97.6 cm³/mol. The van der Waals surface area contributed by atoms with Crippen LogP contribution < -0.4 is 9.88 Å². The van der Waals surface area contributed by atoms with Gasteiger partial charge in [-0.1, -0.05) is 12.1 Å². The fourth-order valence-corrected chi connectivity index (χ4v) is 3.93. The summed E-state index contributed by atoms with van der Waals surface area (Å²) >= 11 is 0. The molecule has 0 radical (unpaired) electrons. The summed E-state index contributed by atoms with van der Waals surface area (Å²) in [7, 11) is -2.13. The normalized spacial score (nSPS) is 17.7. The largest absolute Gasteiger partial charge is 0.480 e. The van der Waals surface area contributed by atoms with E-state index in [9.17, 15) is 8.42 Å². The van der Waals surface area contributed by atoms with E-state index in [0.29, 0.717) is 12.5 Å². The first kappa shape index (κ1) is 17.0. The van der Waals surface area contributed by atoms with E-state index in [1.54, 1.807) is 25.4 Å². The number of rotatable bonds is 4. The quantitative estimate of drug-likeness (QED) is 0.757. The van der Waals surface area contributed by atoms with E-state index >= 15 is 0 Å². The summed E-state index contributed by atoms with van der Waals surface area (Å²) < 4.78 is 36.2. The molecule has 1 aromatic carbocycles. The fourth-order valence-electron chi connectivity index (χ4n) is 3.42. The van der Waals surface area contributed by atoms with Gasteiger partial charge in [-0.3, -0.25) is 0 Å². The first-order valence-electron chi connectivity index (χ1n) is 8.23. The lowest BCUT2D eigenvalue weighted by atomic mass is 10.1. The molecule has 3 aromatic rings. The van der Waals surface area contributed by atoms with Gasteiger partial charge < -0.3 is 14.0 Å². The van der Waals surface area contributed by atoms with Gasteiger partial charge in [0.15, 0.2) is 0 Å². The minimum Gasteiger partial charge on any atom is -0.480 e. The third-order valence-corrected chi connectivity index (χ3v) is 5.63. The zero-order valence-electron chi connectivity index (χ0n) is 14.3. The zero-order chi connectivity index (χ0) is 18.3. The minimum absolute atomic E-state index is 0.0827. The third kappa shape index (κ3) is 2.86. The summed E-state index contributed by atoms with van der Waals surface area (Å²) in [6.07, 6.45) is 4.72. The number of benzene rings is 1. The van der Waals surface area contributed by atoms with E-state index in [-0.39, 0.29) is 10.9 Å². The molecule has 0 bridgehead atoms. The third-order valence-electron chi connectivity index (χ3n) is 4.70. The molecule has 7 nitrogen and oxygen atoms in total. The number of nitrogens with zero attached hydrogens (tertiary/aromatic N) is 2. The second-order valence-electron chi connectivity index (χ2n) is 6.25. The molecule has 136 valence electrons. The maximum atomic E-state index is 11.5. The lowest BCUT2D eigenvalue weighted by Crippen LogP contribution is -2.11. The van der Waals surface area contributed by atoms with Gasteiger partial charge >= 0.3 is 0 Å². The predicted octanol–water partition coefficient (Wildman–Crippen LogP) is 2.32. The molecule has 0 aliphatic carbocycles. The Bertz CT molecular complexity index is 1050. The van der Waals surface area contributed by atoms with E-state index in [1.165, 1.54) is 12.1 Å². The van der Waals surface area contributed by atoms with Crippen molar-refractivity contribution in [3.8, 4) is 17.0 Å². The van der Waals surface area contributed by atoms with E-state index < -0.39 is 10.0 Å². The number of primary sulfonamides is 1. The Kier molecular flexibility index (Phi) is 4.18. The van der Waals surface area contributed by atoms with Gasteiger partial charge in [-0.05, 0) is 30.2 Å². The smallest absolute Gasteiger partial charge is 0.238 e. The van der Waals surface area contributed by atoms with Gasteiger partial charge in [-0.25, -0.2) is 18.5 Å². The molecule has 26 heavy (non-hydrogen) atoms. The summed E-state index contributed by atoms with van der Waals surface area (Å²) in [5, 5.41) is 6.09. The van der Waals surface area contributed by atoms with Gasteiger partial charge in [0.05, 0.1) is 35.6 Å². The molecule has 0 saturated carbocycles. The molecule has 1 saturated heterocycles. The van der Waals surface area contributed by atoms with Crippen molar-refractivity contribution in [1.29, 1.82) is 0 Å². The summed E-state index contributed by atoms with van der Waals surface area (Å²) in [6, 6.07) is 8.72. The molecule has 4 rings (SSSR count). The van der Waals surface area contributed by atoms with Crippen LogP contribution in [-0.2, 0) is 14.8 Å². The maximum Gasteiger partial charge on any atom is 0.238 e. The van der Waals surface area contributed by atoms with Gasteiger partial charge in [-0.15, -0.1) is 0 Å². The molecule has 1 aliphatic rings. The van der Waals surface area contributed by atoms with Crippen LogP contribution in [-0.4, -0.2) is 38.3 Å². The molecule has 1 fully saturated rings. The van der Waals surface area contributed by atoms with Crippen LogP contribution in [0.25, 0.3) is 22.0 Å². The first-order valence-corrected chi connectivity index (χ1v) is 9.78. The zero-order valence-corrected chi connectivity index (χ0v) is 15.1. The molecule has 1 aliphatic heterocycles. The van der Waals surface area contributed by atoms with Crippen molar-refractivity contribution in [2.45, 2.75) is 17.4 Å². The number of aromatic nitrogens is 2. The molecule has 8 heteroatoms. The lowest BCUT2D eigenvalue weighted by Gasteiger charge is -2.11. The van der Waals surface area contributed by atoms with Crippen LogP contribution in [0.2, 0.25) is 0 Å². The highest BCUT2D eigenvalue weighted by atomic mass is 32.2. The summed E-state index contributed by atoms with van der Waals surface area (Å²) in [5.74, 6) is 0.533. The monoisotopic (exact) mass is 373 g/mol. The van der Waals surface area contributed by atoms with Crippen molar-refractivity contribution in [3.05, 3.63) is 42.7 Å². The SMILES string of the molecule is COc1nccc2c1c(-c1ccc(S(N)(=O)=O)cc1)cn2C1CCOC1. The highest BCUT2D eigenvalue weighted by molar-refractivity contribution is 7.89. The van der Waals surface area contributed by atoms with Crippen LogP contribution in [0.3, 0.4) is 0 Å². The van der Waals surface area contributed by atoms with Gasteiger partial charge in [0.25, 0.3) is 0 Å². The Labute approximate surface area is 151 Å². The summed E-state index contributed by atoms with van der Waals surface area (Å²) in [4.78, 5) is 4.41. The number of pyridine rings is 1. The van der Waals surface area contributed by atoms with Crippen molar-refractivity contribution in [1.82, 2.24) is 9.55 Å². The molecule has 2 N–H and O–H groups in total. The Morgan fingerprint density at radius 1 is 1.27 bits per heavy atom. The highest BCUT2D eigenvalue weighted by Gasteiger charge is 2.23. The van der Waals surface area contributed by atoms with Gasteiger partial charge in [0, 0.05) is 24.6 Å². The molecule has 1 atom stereocenters. The van der Waals surface area contributed by atoms with Crippen LogP contribution in [0.5, 0.6) is 5.88 Å². The number of sulfonamides is 1. The Hall–Kier alpha value is -2.42. The van der Waals surface area contributed by atoms with Crippen molar-refractivity contribution in [2.24, 2.45) is 5.14 Å². The minimum atomic E-state index is -3.72. The van der Waals surface area contributed by atoms with Crippen molar-refractivity contribution in [3.63, 3.8) is 0 Å².